The first-order valence-electron chi connectivity index (χ1n) is 10.3. The molecule has 2 aromatic rings. The van der Waals surface area contributed by atoms with E-state index in [0.29, 0.717) is 18.8 Å². The van der Waals surface area contributed by atoms with E-state index >= 15 is 0 Å². The Morgan fingerprint density at radius 1 is 0.750 bits per heavy atom. The largest absolute Gasteiger partial charge is 0.504 e. The van der Waals surface area contributed by atoms with Crippen molar-refractivity contribution in [1.82, 2.24) is 0 Å². The van der Waals surface area contributed by atoms with Gasteiger partial charge in [-0.3, -0.25) is 0 Å². The summed E-state index contributed by atoms with van der Waals surface area (Å²) in [5, 5.41) is 19.1. The molecule has 174 valence electrons. The number of carbonyl (C=O) groups excluding carboxylic acids is 2. The minimum atomic E-state index is -0.482. The topological polar surface area (TPSA) is 112 Å². The van der Waals surface area contributed by atoms with E-state index in [-0.39, 0.29) is 28.6 Å². The number of phenols is 2. The lowest BCUT2D eigenvalue weighted by atomic mass is 10.1. The second-order valence-electron chi connectivity index (χ2n) is 7.05. The molecule has 0 saturated heterocycles. The number of benzene rings is 2. The van der Waals surface area contributed by atoms with Crippen molar-refractivity contribution in [3.05, 3.63) is 47.5 Å². The highest BCUT2D eigenvalue weighted by atomic mass is 32.1. The van der Waals surface area contributed by atoms with Crippen molar-refractivity contribution in [3.63, 3.8) is 0 Å². The van der Waals surface area contributed by atoms with Gasteiger partial charge in [0.25, 0.3) is 0 Å². The van der Waals surface area contributed by atoms with E-state index in [9.17, 15) is 19.8 Å². The van der Waals surface area contributed by atoms with Crippen molar-refractivity contribution in [1.29, 1.82) is 0 Å². The maximum absolute atomic E-state index is 12.0. The van der Waals surface area contributed by atoms with E-state index in [0.717, 1.165) is 38.5 Å². The van der Waals surface area contributed by atoms with Gasteiger partial charge in [-0.25, -0.2) is 9.59 Å². The molecule has 0 saturated carbocycles. The quantitative estimate of drug-likeness (QED) is 0.170. The van der Waals surface area contributed by atoms with Crippen LogP contribution in [0.15, 0.2) is 36.4 Å². The molecule has 2 N–H and O–H groups in total. The predicted octanol–water partition coefficient (Wildman–Crippen LogP) is 4.68. The molecule has 0 atom stereocenters. The van der Waals surface area contributed by atoms with Crippen LogP contribution in [0.4, 0.5) is 0 Å². The van der Waals surface area contributed by atoms with Crippen LogP contribution in [0.25, 0.3) is 0 Å². The molecular formula is C23H28O8S. The summed E-state index contributed by atoms with van der Waals surface area (Å²) >= 11 is 3.62. The Kier molecular flexibility index (Phi) is 10.5. The van der Waals surface area contributed by atoms with Crippen molar-refractivity contribution in [3.8, 4) is 23.0 Å². The van der Waals surface area contributed by atoms with Gasteiger partial charge in [0.1, 0.15) is 0 Å². The summed E-state index contributed by atoms with van der Waals surface area (Å²) in [6.45, 7) is 0.634. The molecule has 0 aliphatic heterocycles. The first kappa shape index (κ1) is 25.2. The Hall–Kier alpha value is -3.07. The van der Waals surface area contributed by atoms with Crippen LogP contribution in [0.3, 0.4) is 0 Å². The highest BCUT2D eigenvalue weighted by Crippen LogP contribution is 2.28. The van der Waals surface area contributed by atoms with Crippen LogP contribution in [0.1, 0.15) is 59.2 Å². The number of ether oxygens (including phenoxy) is 3. The van der Waals surface area contributed by atoms with E-state index in [1.165, 1.54) is 43.5 Å². The number of hydrogen-bond acceptors (Lipinski definition) is 9. The highest BCUT2D eigenvalue weighted by molar-refractivity contribution is 7.75. The fraction of sp³-hybridized carbons (Fsp3) is 0.391. The lowest BCUT2D eigenvalue weighted by Gasteiger charge is -2.08. The van der Waals surface area contributed by atoms with Gasteiger partial charge in [0.15, 0.2) is 23.0 Å². The summed E-state index contributed by atoms with van der Waals surface area (Å²) in [6.07, 6.45) is 5.31. The fourth-order valence-corrected chi connectivity index (χ4v) is 3.07. The lowest BCUT2D eigenvalue weighted by Crippen LogP contribution is -2.07. The van der Waals surface area contributed by atoms with Crippen LogP contribution in [-0.2, 0) is 9.47 Å². The van der Waals surface area contributed by atoms with Crippen molar-refractivity contribution >= 4 is 24.8 Å². The molecule has 0 heterocycles. The molecule has 0 fully saturated rings. The van der Waals surface area contributed by atoms with Gasteiger partial charge < -0.3 is 28.6 Å². The average Bonchev–Trinajstić information content (AvgIpc) is 2.80. The first-order valence-corrected chi connectivity index (χ1v) is 10.7. The van der Waals surface area contributed by atoms with Gasteiger partial charge >= 0.3 is 11.9 Å². The van der Waals surface area contributed by atoms with E-state index in [2.05, 4.69) is 17.1 Å². The Morgan fingerprint density at radius 2 is 1.19 bits per heavy atom. The third kappa shape index (κ3) is 7.88. The van der Waals surface area contributed by atoms with Gasteiger partial charge in [0, 0.05) is 19.0 Å². The van der Waals surface area contributed by atoms with Crippen molar-refractivity contribution in [2.24, 2.45) is 0 Å². The van der Waals surface area contributed by atoms with Gasteiger partial charge in [0.2, 0.25) is 0 Å². The van der Waals surface area contributed by atoms with E-state index in [1.807, 2.05) is 0 Å². The molecule has 2 rings (SSSR count). The minimum absolute atomic E-state index is 0.0311. The maximum Gasteiger partial charge on any atom is 0.338 e. The summed E-state index contributed by atoms with van der Waals surface area (Å²) in [5.41, 5.74) is 0.614. The fourth-order valence-electron chi connectivity index (χ4n) is 2.93. The van der Waals surface area contributed by atoms with E-state index < -0.39 is 11.9 Å². The second-order valence-corrected chi connectivity index (χ2v) is 7.24. The summed E-state index contributed by atoms with van der Waals surface area (Å²) in [5.74, 6) is -0.749. The zero-order chi connectivity index (χ0) is 23.3. The van der Waals surface area contributed by atoms with E-state index in [1.54, 1.807) is 0 Å². The monoisotopic (exact) mass is 464 g/mol. The molecule has 0 spiro atoms. The van der Waals surface area contributed by atoms with Crippen molar-refractivity contribution in [2.75, 3.05) is 20.3 Å². The molecule has 32 heavy (non-hydrogen) atoms. The molecular weight excluding hydrogens is 436 g/mol. The average molecular weight is 465 g/mol. The zero-order valence-electron chi connectivity index (χ0n) is 17.9. The van der Waals surface area contributed by atoms with Crippen LogP contribution in [0.5, 0.6) is 23.0 Å². The van der Waals surface area contributed by atoms with Gasteiger partial charge in [-0.1, -0.05) is 25.7 Å². The number of phenolic OH excluding ortho intramolecular Hbond substituents is 2. The molecule has 2 aromatic carbocycles. The third-order valence-electron chi connectivity index (χ3n) is 4.71. The summed E-state index contributed by atoms with van der Waals surface area (Å²) in [4.78, 5) is 24.0. The zero-order valence-corrected chi connectivity index (χ0v) is 18.8. The molecule has 0 aliphatic carbocycles. The summed E-state index contributed by atoms with van der Waals surface area (Å²) in [6, 6.07) is 8.50. The standard InChI is InChI=1S/C23H28O8S/c1-28-20-14-16(8-10-18(20)24)22(26)29-12-6-4-2-3-5-7-13-30-23(27)17-9-11-19(25)21(15-17)31-32/h8-11,14-15,24-25,32H,2-7,12-13H2,1H3. The number of aromatic hydroxyl groups is 2. The molecule has 0 bridgehead atoms. The maximum atomic E-state index is 12.0. The van der Waals surface area contributed by atoms with Gasteiger partial charge in [-0.2, -0.15) is 0 Å². The molecule has 0 aromatic heterocycles. The Morgan fingerprint density at radius 3 is 1.66 bits per heavy atom. The third-order valence-corrected chi connectivity index (χ3v) is 4.91. The SMILES string of the molecule is COc1cc(C(=O)OCCCCCCCCOC(=O)c2ccc(O)c(OS)c2)ccc1O. The second kappa shape index (κ2) is 13.4. The smallest absolute Gasteiger partial charge is 0.338 e. The number of hydrogen-bond donors (Lipinski definition) is 3. The number of methoxy groups -OCH3 is 1. The lowest BCUT2D eigenvalue weighted by molar-refractivity contribution is 0.0484. The van der Waals surface area contributed by atoms with Crippen LogP contribution in [0.2, 0.25) is 0 Å². The number of unbranched alkanes of at least 4 members (excludes halogenated alkanes) is 5. The predicted molar refractivity (Wildman–Crippen MR) is 121 cm³/mol. The molecule has 0 aliphatic rings. The molecule has 8 nitrogen and oxygen atoms in total. The minimum Gasteiger partial charge on any atom is -0.504 e. The van der Waals surface area contributed by atoms with Crippen LogP contribution in [-0.4, -0.2) is 42.5 Å². The number of thiol groups is 1. The number of carbonyl (C=O) groups is 2. The van der Waals surface area contributed by atoms with Gasteiger partial charge in [-0.05, 0) is 43.2 Å². The molecule has 9 heteroatoms. The van der Waals surface area contributed by atoms with E-state index in [4.69, 9.17) is 14.2 Å². The summed E-state index contributed by atoms with van der Waals surface area (Å²) in [7, 11) is 1.42. The Balaban J connectivity index is 1.52. The van der Waals surface area contributed by atoms with Crippen LogP contribution in [0, 0.1) is 0 Å². The van der Waals surface area contributed by atoms with Gasteiger partial charge in [0.05, 0.1) is 31.5 Å². The molecule has 0 unspecified atom stereocenters. The highest BCUT2D eigenvalue weighted by Gasteiger charge is 2.12. The van der Waals surface area contributed by atoms with Gasteiger partial charge in [-0.15, -0.1) is 0 Å². The number of esters is 2. The molecule has 0 radical (unpaired) electrons. The van der Waals surface area contributed by atoms with Crippen molar-refractivity contribution < 1.29 is 38.2 Å². The molecule has 0 amide bonds. The summed E-state index contributed by atoms with van der Waals surface area (Å²) < 4.78 is 20.1. The normalized spacial score (nSPS) is 10.4. The number of rotatable bonds is 13. The van der Waals surface area contributed by atoms with Crippen molar-refractivity contribution in [2.45, 2.75) is 38.5 Å². The Bertz CT molecular complexity index is 826. The van der Waals surface area contributed by atoms with Crippen LogP contribution < -0.4 is 8.92 Å². The first-order chi connectivity index (χ1) is 15.5. The van der Waals surface area contributed by atoms with Crippen LogP contribution >= 0.6 is 12.9 Å². The Labute approximate surface area is 192 Å².